The molecule has 0 bridgehead atoms. The molecule has 1 heterocycles. The van der Waals surface area contributed by atoms with Crippen LogP contribution in [0.15, 0.2) is 12.5 Å². The van der Waals surface area contributed by atoms with Crippen LogP contribution in [0.3, 0.4) is 0 Å². The molecular formula is C11H17N3O2. The molecule has 0 spiro atoms. The number of rotatable bonds is 2. The van der Waals surface area contributed by atoms with Crippen LogP contribution in [0.1, 0.15) is 36.2 Å². The van der Waals surface area contributed by atoms with Gasteiger partial charge >= 0.3 is 0 Å². The topological polar surface area (TPSA) is 67.2 Å². The van der Waals surface area contributed by atoms with Gasteiger partial charge in [-0.3, -0.25) is 4.79 Å². The van der Waals surface area contributed by atoms with Crippen molar-refractivity contribution in [2.45, 2.75) is 37.8 Å². The number of imidazole rings is 1. The number of amides is 1. The number of aromatic nitrogens is 2. The van der Waals surface area contributed by atoms with E-state index in [1.165, 1.54) is 6.20 Å². The van der Waals surface area contributed by atoms with Crippen LogP contribution < -0.4 is 5.32 Å². The van der Waals surface area contributed by atoms with Gasteiger partial charge in [-0.1, -0.05) is 12.8 Å². The van der Waals surface area contributed by atoms with Gasteiger partial charge in [-0.15, -0.1) is 0 Å². The van der Waals surface area contributed by atoms with Gasteiger partial charge < -0.3 is 15.0 Å². The van der Waals surface area contributed by atoms with Gasteiger partial charge in [0.15, 0.2) is 0 Å². The van der Waals surface area contributed by atoms with Crippen molar-refractivity contribution in [1.82, 2.24) is 14.9 Å². The molecule has 1 aromatic heterocycles. The lowest BCUT2D eigenvalue weighted by molar-refractivity contribution is 0.0711. The summed E-state index contributed by atoms with van der Waals surface area (Å²) in [5, 5.41) is 12.6. The molecule has 1 aliphatic carbocycles. The first-order chi connectivity index (χ1) is 7.68. The summed E-state index contributed by atoms with van der Waals surface area (Å²) in [4.78, 5) is 15.8. The van der Waals surface area contributed by atoms with E-state index in [1.54, 1.807) is 17.9 Å². The lowest BCUT2D eigenvalue weighted by Gasteiger charge is -2.28. The number of aryl methyl sites for hydroxylation is 1. The fourth-order valence-corrected chi connectivity index (χ4v) is 2.10. The molecule has 5 nitrogen and oxygen atoms in total. The number of aliphatic hydroxyl groups excluding tert-OH is 1. The number of carbonyl (C=O) groups excluding carboxylic acids is 1. The van der Waals surface area contributed by atoms with Crippen molar-refractivity contribution in [3.8, 4) is 0 Å². The molecule has 0 saturated heterocycles. The van der Waals surface area contributed by atoms with Gasteiger partial charge in [-0.2, -0.15) is 0 Å². The van der Waals surface area contributed by atoms with Crippen LogP contribution in [-0.4, -0.2) is 32.7 Å². The number of nitrogens with zero attached hydrogens (tertiary/aromatic N) is 2. The third kappa shape index (κ3) is 2.24. The van der Waals surface area contributed by atoms with E-state index in [-0.39, 0.29) is 11.9 Å². The maximum absolute atomic E-state index is 11.9. The molecule has 1 aliphatic rings. The third-order valence-corrected chi connectivity index (χ3v) is 3.10. The number of hydrogen-bond donors (Lipinski definition) is 2. The lowest BCUT2D eigenvalue weighted by atomic mass is 9.92. The Labute approximate surface area is 94.5 Å². The zero-order chi connectivity index (χ0) is 11.5. The van der Waals surface area contributed by atoms with E-state index in [9.17, 15) is 9.90 Å². The van der Waals surface area contributed by atoms with Crippen LogP contribution in [-0.2, 0) is 7.05 Å². The molecule has 16 heavy (non-hydrogen) atoms. The number of hydrogen-bond acceptors (Lipinski definition) is 3. The maximum atomic E-state index is 11.9. The van der Waals surface area contributed by atoms with Crippen molar-refractivity contribution in [3.63, 3.8) is 0 Å². The highest BCUT2D eigenvalue weighted by atomic mass is 16.3. The molecule has 1 aromatic rings. The van der Waals surface area contributed by atoms with Crippen molar-refractivity contribution >= 4 is 5.91 Å². The van der Waals surface area contributed by atoms with Crippen molar-refractivity contribution in [2.24, 2.45) is 7.05 Å². The second kappa shape index (κ2) is 4.65. The molecule has 1 saturated carbocycles. The zero-order valence-electron chi connectivity index (χ0n) is 9.39. The molecule has 5 heteroatoms. The molecule has 2 rings (SSSR count). The molecule has 0 aliphatic heterocycles. The molecular weight excluding hydrogens is 206 g/mol. The molecule has 1 fully saturated rings. The van der Waals surface area contributed by atoms with Gasteiger partial charge in [0.05, 0.1) is 24.7 Å². The van der Waals surface area contributed by atoms with Crippen LogP contribution in [0, 0.1) is 0 Å². The Bertz CT molecular complexity index is 375. The molecule has 0 radical (unpaired) electrons. The average Bonchev–Trinajstić information content (AvgIpc) is 2.68. The minimum absolute atomic E-state index is 0.115. The predicted octanol–water partition coefficient (Wildman–Crippen LogP) is 0.453. The Kier molecular flexibility index (Phi) is 3.24. The molecule has 0 aromatic carbocycles. The molecule has 1 amide bonds. The molecule has 2 N–H and O–H groups in total. The van der Waals surface area contributed by atoms with Crippen molar-refractivity contribution in [1.29, 1.82) is 0 Å². The minimum atomic E-state index is -0.411. The van der Waals surface area contributed by atoms with E-state index in [1.807, 2.05) is 0 Å². The van der Waals surface area contributed by atoms with Gasteiger partial charge in [0.1, 0.15) is 5.69 Å². The first kappa shape index (κ1) is 11.1. The van der Waals surface area contributed by atoms with E-state index < -0.39 is 6.10 Å². The first-order valence-electron chi connectivity index (χ1n) is 5.63. The predicted molar refractivity (Wildman–Crippen MR) is 58.9 cm³/mol. The summed E-state index contributed by atoms with van der Waals surface area (Å²) >= 11 is 0. The second-order valence-corrected chi connectivity index (χ2v) is 4.32. The van der Waals surface area contributed by atoms with Crippen LogP contribution >= 0.6 is 0 Å². The Morgan fingerprint density at radius 1 is 1.56 bits per heavy atom. The monoisotopic (exact) mass is 223 g/mol. The van der Waals surface area contributed by atoms with Crippen LogP contribution in [0.2, 0.25) is 0 Å². The standard InChI is InChI=1S/C11H17N3O2/c1-14-7-12-6-9(14)11(16)13-8-4-2-3-5-10(8)15/h6-8,10,15H,2-5H2,1H3,(H,13,16)/t8-,10-/m1/s1. The van der Waals surface area contributed by atoms with Gasteiger partial charge in [0, 0.05) is 7.05 Å². The zero-order valence-corrected chi connectivity index (χ0v) is 9.39. The van der Waals surface area contributed by atoms with E-state index in [0.29, 0.717) is 5.69 Å². The number of carbonyl (C=O) groups is 1. The smallest absolute Gasteiger partial charge is 0.269 e. The lowest BCUT2D eigenvalue weighted by Crippen LogP contribution is -2.45. The summed E-state index contributed by atoms with van der Waals surface area (Å²) in [6.45, 7) is 0. The first-order valence-corrected chi connectivity index (χ1v) is 5.63. The van der Waals surface area contributed by atoms with E-state index >= 15 is 0 Å². The quantitative estimate of drug-likeness (QED) is 0.765. The van der Waals surface area contributed by atoms with Crippen LogP contribution in [0.25, 0.3) is 0 Å². The summed E-state index contributed by atoms with van der Waals surface area (Å²) in [5.74, 6) is -0.161. The third-order valence-electron chi connectivity index (χ3n) is 3.10. The Balaban J connectivity index is 1.99. The molecule has 2 atom stereocenters. The highest BCUT2D eigenvalue weighted by molar-refractivity contribution is 5.92. The van der Waals surface area contributed by atoms with E-state index in [4.69, 9.17) is 0 Å². The summed E-state index contributed by atoms with van der Waals surface area (Å²) in [7, 11) is 1.78. The van der Waals surface area contributed by atoms with Crippen LogP contribution in [0.5, 0.6) is 0 Å². The summed E-state index contributed by atoms with van der Waals surface area (Å²) < 4.78 is 1.67. The fourth-order valence-electron chi connectivity index (χ4n) is 2.10. The summed E-state index contributed by atoms with van der Waals surface area (Å²) in [6, 6.07) is -0.115. The van der Waals surface area contributed by atoms with Gasteiger partial charge in [0.25, 0.3) is 5.91 Å². The van der Waals surface area contributed by atoms with Crippen molar-refractivity contribution in [3.05, 3.63) is 18.2 Å². The van der Waals surface area contributed by atoms with Gasteiger partial charge in [0.2, 0.25) is 0 Å². The average molecular weight is 223 g/mol. The Morgan fingerprint density at radius 2 is 2.31 bits per heavy atom. The van der Waals surface area contributed by atoms with Gasteiger partial charge in [-0.05, 0) is 12.8 Å². The fraction of sp³-hybridized carbons (Fsp3) is 0.636. The second-order valence-electron chi connectivity index (χ2n) is 4.32. The van der Waals surface area contributed by atoms with E-state index in [2.05, 4.69) is 10.3 Å². The SMILES string of the molecule is Cn1cncc1C(=O)N[C@@H]1CCCC[C@H]1O. The summed E-state index contributed by atoms with van der Waals surface area (Å²) in [6.07, 6.45) is 6.44. The van der Waals surface area contributed by atoms with Gasteiger partial charge in [-0.25, -0.2) is 4.98 Å². The van der Waals surface area contributed by atoms with Crippen molar-refractivity contribution in [2.75, 3.05) is 0 Å². The van der Waals surface area contributed by atoms with E-state index in [0.717, 1.165) is 25.7 Å². The Hall–Kier alpha value is -1.36. The van der Waals surface area contributed by atoms with Crippen molar-refractivity contribution < 1.29 is 9.90 Å². The Morgan fingerprint density at radius 3 is 2.94 bits per heavy atom. The normalized spacial score (nSPS) is 25.4. The minimum Gasteiger partial charge on any atom is -0.391 e. The summed E-state index contributed by atoms with van der Waals surface area (Å²) in [5.41, 5.74) is 0.526. The largest absolute Gasteiger partial charge is 0.391 e. The number of aliphatic hydroxyl groups is 1. The highest BCUT2D eigenvalue weighted by Gasteiger charge is 2.25. The maximum Gasteiger partial charge on any atom is 0.269 e. The molecule has 0 unspecified atom stereocenters. The molecule has 88 valence electrons. The van der Waals surface area contributed by atoms with Crippen LogP contribution in [0.4, 0.5) is 0 Å². The number of nitrogens with one attached hydrogen (secondary N) is 1. The highest BCUT2D eigenvalue weighted by Crippen LogP contribution is 2.18.